The quantitative estimate of drug-likeness (QED) is 0.766. The normalized spacial score (nSPS) is 10.3. The summed E-state index contributed by atoms with van der Waals surface area (Å²) in [4.78, 5) is 20.2. The Kier molecular flexibility index (Phi) is 5.89. The third kappa shape index (κ3) is 4.53. The minimum atomic E-state index is -0.141. The molecule has 0 aliphatic heterocycles. The number of halogens is 1. The van der Waals surface area contributed by atoms with E-state index in [2.05, 4.69) is 43.5 Å². The van der Waals surface area contributed by atoms with Crippen molar-refractivity contribution in [1.82, 2.24) is 15.3 Å². The summed E-state index contributed by atoms with van der Waals surface area (Å²) in [6.45, 7) is 4.78. The monoisotopic (exact) mass is 362 g/mol. The third-order valence-electron chi connectivity index (χ3n) is 3.16. The Morgan fingerprint density at radius 2 is 2.00 bits per heavy atom. The van der Waals surface area contributed by atoms with Crippen molar-refractivity contribution in [2.75, 3.05) is 11.9 Å². The summed E-state index contributed by atoms with van der Waals surface area (Å²) >= 11 is 3.49. The van der Waals surface area contributed by atoms with Crippen LogP contribution in [0.25, 0.3) is 0 Å². The minimum Gasteiger partial charge on any atom is -0.352 e. The molecule has 2 N–H and O–H groups in total. The second kappa shape index (κ2) is 7.89. The number of unbranched alkanes of at least 4 members (excludes halogenated alkanes) is 1. The van der Waals surface area contributed by atoms with E-state index in [-0.39, 0.29) is 5.91 Å². The number of benzene rings is 1. The Morgan fingerprint density at radius 1 is 1.27 bits per heavy atom. The summed E-state index contributed by atoms with van der Waals surface area (Å²) < 4.78 is 1.02. The van der Waals surface area contributed by atoms with Crippen LogP contribution >= 0.6 is 15.9 Å². The van der Waals surface area contributed by atoms with Crippen LogP contribution in [0.1, 0.15) is 35.7 Å². The lowest BCUT2D eigenvalue weighted by atomic mass is 10.2. The maximum absolute atomic E-state index is 11.9. The highest BCUT2D eigenvalue weighted by Crippen LogP contribution is 2.22. The topological polar surface area (TPSA) is 66.9 Å². The Morgan fingerprint density at radius 3 is 2.64 bits per heavy atom. The lowest BCUT2D eigenvalue weighted by molar-refractivity contribution is 0.0952. The number of aryl methyl sites for hydroxylation is 1. The van der Waals surface area contributed by atoms with Crippen LogP contribution in [-0.2, 0) is 0 Å². The van der Waals surface area contributed by atoms with Gasteiger partial charge >= 0.3 is 0 Å². The molecule has 0 radical (unpaired) electrons. The number of amides is 1. The molecular weight excluding hydrogens is 344 g/mol. The average molecular weight is 363 g/mol. The molecule has 0 saturated carbocycles. The molecule has 0 fully saturated rings. The standard InChI is InChI=1S/C16H19BrN4O/c1-3-4-7-18-15(22)12-9-19-16(20-10-12)21-13-6-5-11(2)14(17)8-13/h5-6,8-10H,3-4,7H2,1-2H3,(H,18,22)(H,19,20,21). The minimum absolute atomic E-state index is 0.141. The van der Waals surface area contributed by atoms with Gasteiger partial charge in [-0.05, 0) is 31.0 Å². The predicted molar refractivity (Wildman–Crippen MR) is 91.4 cm³/mol. The van der Waals surface area contributed by atoms with Crippen molar-refractivity contribution in [2.24, 2.45) is 0 Å². The molecular formula is C16H19BrN4O. The number of anilines is 2. The van der Waals surface area contributed by atoms with Gasteiger partial charge in [-0.1, -0.05) is 35.3 Å². The Balaban J connectivity index is 1.99. The zero-order valence-corrected chi connectivity index (χ0v) is 14.3. The summed E-state index contributed by atoms with van der Waals surface area (Å²) in [7, 11) is 0. The molecule has 2 aromatic rings. The molecule has 1 aromatic carbocycles. The van der Waals surface area contributed by atoms with Crippen molar-refractivity contribution in [1.29, 1.82) is 0 Å². The molecule has 0 unspecified atom stereocenters. The summed E-state index contributed by atoms with van der Waals surface area (Å²) in [6, 6.07) is 5.92. The van der Waals surface area contributed by atoms with Crippen molar-refractivity contribution in [3.63, 3.8) is 0 Å². The van der Waals surface area contributed by atoms with Gasteiger partial charge in [0.05, 0.1) is 5.56 Å². The van der Waals surface area contributed by atoms with Gasteiger partial charge in [-0.3, -0.25) is 4.79 Å². The van der Waals surface area contributed by atoms with E-state index in [1.54, 1.807) is 0 Å². The highest BCUT2D eigenvalue weighted by molar-refractivity contribution is 9.10. The fourth-order valence-electron chi connectivity index (χ4n) is 1.79. The fraction of sp³-hybridized carbons (Fsp3) is 0.312. The third-order valence-corrected chi connectivity index (χ3v) is 4.01. The molecule has 1 aromatic heterocycles. The van der Waals surface area contributed by atoms with Crippen LogP contribution in [0.4, 0.5) is 11.6 Å². The Bertz CT molecular complexity index is 643. The first kappa shape index (κ1) is 16.4. The predicted octanol–water partition coefficient (Wildman–Crippen LogP) is 3.82. The van der Waals surface area contributed by atoms with E-state index >= 15 is 0 Å². The van der Waals surface area contributed by atoms with E-state index < -0.39 is 0 Å². The van der Waals surface area contributed by atoms with Gasteiger partial charge in [-0.25, -0.2) is 9.97 Å². The van der Waals surface area contributed by atoms with E-state index in [1.165, 1.54) is 12.4 Å². The molecule has 6 heteroatoms. The number of hydrogen-bond donors (Lipinski definition) is 2. The molecule has 0 aliphatic rings. The summed E-state index contributed by atoms with van der Waals surface area (Å²) in [6.07, 6.45) is 5.07. The first-order chi connectivity index (χ1) is 10.6. The van der Waals surface area contributed by atoms with Crippen LogP contribution in [0.5, 0.6) is 0 Å². The van der Waals surface area contributed by atoms with Crippen LogP contribution in [0.3, 0.4) is 0 Å². The highest BCUT2D eigenvalue weighted by Gasteiger charge is 2.07. The van der Waals surface area contributed by atoms with Crippen LogP contribution < -0.4 is 10.6 Å². The second-order valence-corrected chi connectivity index (χ2v) is 5.85. The van der Waals surface area contributed by atoms with Crippen molar-refractivity contribution < 1.29 is 4.79 Å². The maximum Gasteiger partial charge on any atom is 0.254 e. The van der Waals surface area contributed by atoms with E-state index in [9.17, 15) is 4.79 Å². The number of carbonyl (C=O) groups is 1. The van der Waals surface area contributed by atoms with Gasteiger partial charge in [0.25, 0.3) is 5.91 Å². The average Bonchev–Trinajstić information content (AvgIpc) is 2.52. The van der Waals surface area contributed by atoms with Crippen molar-refractivity contribution >= 4 is 33.5 Å². The molecule has 1 heterocycles. The summed E-state index contributed by atoms with van der Waals surface area (Å²) in [5.41, 5.74) is 2.51. The van der Waals surface area contributed by atoms with Crippen molar-refractivity contribution in [3.8, 4) is 0 Å². The van der Waals surface area contributed by atoms with Gasteiger partial charge in [-0.2, -0.15) is 0 Å². The fourth-order valence-corrected chi connectivity index (χ4v) is 2.17. The first-order valence-electron chi connectivity index (χ1n) is 7.23. The largest absolute Gasteiger partial charge is 0.352 e. The van der Waals surface area contributed by atoms with Crippen LogP contribution in [0.2, 0.25) is 0 Å². The van der Waals surface area contributed by atoms with Crippen LogP contribution in [0.15, 0.2) is 35.1 Å². The van der Waals surface area contributed by atoms with E-state index in [1.807, 2.05) is 25.1 Å². The van der Waals surface area contributed by atoms with Gasteiger partial charge < -0.3 is 10.6 Å². The number of rotatable bonds is 6. The van der Waals surface area contributed by atoms with E-state index in [0.29, 0.717) is 18.1 Å². The van der Waals surface area contributed by atoms with E-state index in [0.717, 1.165) is 28.6 Å². The lowest BCUT2D eigenvalue weighted by Crippen LogP contribution is -2.24. The van der Waals surface area contributed by atoms with Crippen LogP contribution in [-0.4, -0.2) is 22.4 Å². The smallest absolute Gasteiger partial charge is 0.254 e. The van der Waals surface area contributed by atoms with Crippen molar-refractivity contribution in [2.45, 2.75) is 26.7 Å². The van der Waals surface area contributed by atoms with Gasteiger partial charge in [0.15, 0.2) is 0 Å². The number of nitrogens with one attached hydrogen (secondary N) is 2. The molecule has 0 spiro atoms. The summed E-state index contributed by atoms with van der Waals surface area (Å²) in [5.74, 6) is 0.318. The van der Waals surface area contributed by atoms with Crippen LogP contribution in [0, 0.1) is 6.92 Å². The number of carbonyl (C=O) groups excluding carboxylic acids is 1. The second-order valence-electron chi connectivity index (χ2n) is 4.99. The number of hydrogen-bond acceptors (Lipinski definition) is 4. The van der Waals surface area contributed by atoms with Gasteiger partial charge in [0.1, 0.15) is 0 Å². The first-order valence-corrected chi connectivity index (χ1v) is 8.03. The molecule has 116 valence electrons. The molecule has 5 nitrogen and oxygen atoms in total. The number of aromatic nitrogens is 2. The zero-order valence-electron chi connectivity index (χ0n) is 12.7. The van der Waals surface area contributed by atoms with Crippen molar-refractivity contribution in [3.05, 3.63) is 46.2 Å². The zero-order chi connectivity index (χ0) is 15.9. The van der Waals surface area contributed by atoms with Gasteiger partial charge in [-0.15, -0.1) is 0 Å². The molecule has 2 rings (SSSR count). The maximum atomic E-state index is 11.9. The van der Waals surface area contributed by atoms with Gasteiger partial charge in [0.2, 0.25) is 5.95 Å². The molecule has 0 bridgehead atoms. The number of nitrogens with zero attached hydrogens (tertiary/aromatic N) is 2. The molecule has 0 atom stereocenters. The highest BCUT2D eigenvalue weighted by atomic mass is 79.9. The SMILES string of the molecule is CCCCNC(=O)c1cnc(Nc2ccc(C)c(Br)c2)nc1. The molecule has 1 amide bonds. The molecule has 22 heavy (non-hydrogen) atoms. The Labute approximate surface area is 138 Å². The van der Waals surface area contributed by atoms with E-state index in [4.69, 9.17) is 0 Å². The molecule has 0 saturated heterocycles. The Hall–Kier alpha value is -1.95. The lowest BCUT2D eigenvalue weighted by Gasteiger charge is -2.07. The molecule has 0 aliphatic carbocycles. The van der Waals surface area contributed by atoms with Gasteiger partial charge in [0, 0.05) is 29.1 Å². The summed E-state index contributed by atoms with van der Waals surface area (Å²) in [5, 5.41) is 5.94.